The highest BCUT2D eigenvalue weighted by Crippen LogP contribution is 2.41. The van der Waals surface area contributed by atoms with Gasteiger partial charge in [0.1, 0.15) is 5.54 Å². The van der Waals surface area contributed by atoms with E-state index in [2.05, 4.69) is 15.9 Å². The first-order valence-electron chi connectivity index (χ1n) is 6.77. The molecule has 1 aromatic carbocycles. The molecule has 20 heavy (non-hydrogen) atoms. The van der Waals surface area contributed by atoms with E-state index in [1.807, 2.05) is 18.2 Å². The Bertz CT molecular complexity index is 578. The van der Waals surface area contributed by atoms with E-state index in [9.17, 15) is 9.59 Å². The molecule has 0 aromatic heterocycles. The van der Waals surface area contributed by atoms with Gasteiger partial charge in [-0.2, -0.15) is 0 Å². The first-order chi connectivity index (χ1) is 9.58. The summed E-state index contributed by atoms with van der Waals surface area (Å²) in [7, 11) is 1.40. The van der Waals surface area contributed by atoms with Gasteiger partial charge in [0.25, 0.3) is 5.91 Å². The maximum atomic E-state index is 12.6. The van der Waals surface area contributed by atoms with Crippen LogP contribution in [-0.2, 0) is 16.1 Å². The summed E-state index contributed by atoms with van der Waals surface area (Å²) in [6.07, 6.45) is 3.30. The molecule has 0 saturated heterocycles. The number of benzene rings is 1. The minimum Gasteiger partial charge on any atom is -0.467 e. The van der Waals surface area contributed by atoms with Gasteiger partial charge < -0.3 is 9.64 Å². The second-order valence-electron chi connectivity index (χ2n) is 5.42. The number of fused-ring (bicyclic) bond motifs is 1. The molecule has 0 bridgehead atoms. The van der Waals surface area contributed by atoms with E-state index in [1.54, 1.807) is 4.90 Å². The highest BCUT2D eigenvalue weighted by molar-refractivity contribution is 9.10. The molecule has 5 heteroatoms. The van der Waals surface area contributed by atoms with Crippen molar-refractivity contribution in [2.45, 2.75) is 37.8 Å². The summed E-state index contributed by atoms with van der Waals surface area (Å²) in [6.45, 7) is 0.489. The number of nitrogens with zero attached hydrogens (tertiary/aromatic N) is 1. The molecule has 1 aliphatic carbocycles. The lowest BCUT2D eigenvalue weighted by molar-refractivity contribution is -0.153. The van der Waals surface area contributed by atoms with Crippen LogP contribution in [0.2, 0.25) is 0 Å². The van der Waals surface area contributed by atoms with Crippen LogP contribution in [-0.4, -0.2) is 29.4 Å². The van der Waals surface area contributed by atoms with Crippen molar-refractivity contribution >= 4 is 27.8 Å². The van der Waals surface area contributed by atoms with Crippen LogP contribution in [0.4, 0.5) is 0 Å². The molecule has 0 atom stereocenters. The number of halogens is 1. The van der Waals surface area contributed by atoms with Crippen molar-refractivity contribution in [1.82, 2.24) is 4.90 Å². The van der Waals surface area contributed by atoms with Crippen molar-refractivity contribution in [3.05, 3.63) is 33.8 Å². The Hall–Kier alpha value is -1.36. The summed E-state index contributed by atoms with van der Waals surface area (Å²) in [4.78, 5) is 26.6. The first-order valence-corrected chi connectivity index (χ1v) is 7.56. The van der Waals surface area contributed by atoms with Crippen LogP contribution < -0.4 is 0 Å². The van der Waals surface area contributed by atoms with Crippen LogP contribution in [0.3, 0.4) is 0 Å². The first kappa shape index (κ1) is 13.6. The van der Waals surface area contributed by atoms with Crippen LogP contribution >= 0.6 is 15.9 Å². The molecule has 2 aliphatic rings. The summed E-state index contributed by atoms with van der Waals surface area (Å²) < 4.78 is 5.93. The highest BCUT2D eigenvalue weighted by Gasteiger charge is 2.51. The second-order valence-corrected chi connectivity index (χ2v) is 6.34. The largest absolute Gasteiger partial charge is 0.467 e. The number of hydrogen-bond donors (Lipinski definition) is 0. The number of carbonyl (C=O) groups excluding carboxylic acids is 2. The lowest BCUT2D eigenvalue weighted by Gasteiger charge is -2.35. The van der Waals surface area contributed by atoms with Gasteiger partial charge in [0.2, 0.25) is 0 Å². The van der Waals surface area contributed by atoms with Gasteiger partial charge in [0.05, 0.1) is 7.11 Å². The number of hydrogen-bond acceptors (Lipinski definition) is 3. The van der Waals surface area contributed by atoms with Crippen LogP contribution in [0.5, 0.6) is 0 Å². The van der Waals surface area contributed by atoms with E-state index in [0.29, 0.717) is 24.9 Å². The molecule has 1 amide bonds. The van der Waals surface area contributed by atoms with Crippen molar-refractivity contribution in [2.24, 2.45) is 0 Å². The monoisotopic (exact) mass is 337 g/mol. The molecular formula is C15H16BrNO3. The maximum Gasteiger partial charge on any atom is 0.331 e. The molecule has 0 N–H and O–H groups in total. The average molecular weight is 338 g/mol. The number of amides is 1. The van der Waals surface area contributed by atoms with Crippen molar-refractivity contribution in [3.8, 4) is 0 Å². The standard InChI is InChI=1S/C15H16BrNO3/c1-20-14(19)15(6-2-3-7-15)17-9-10-8-11(16)4-5-12(10)13(17)18/h4-5,8H,2-3,6-7,9H2,1H3. The van der Waals surface area contributed by atoms with E-state index in [4.69, 9.17) is 4.74 Å². The molecular weight excluding hydrogens is 322 g/mol. The molecule has 4 nitrogen and oxygen atoms in total. The third-order valence-electron chi connectivity index (χ3n) is 4.38. The Balaban J connectivity index is 2.00. The van der Waals surface area contributed by atoms with E-state index in [-0.39, 0.29) is 11.9 Å². The van der Waals surface area contributed by atoms with Crippen molar-refractivity contribution in [3.63, 3.8) is 0 Å². The molecule has 0 spiro atoms. The zero-order chi connectivity index (χ0) is 14.3. The summed E-state index contributed by atoms with van der Waals surface area (Å²) >= 11 is 3.42. The summed E-state index contributed by atoms with van der Waals surface area (Å²) in [6, 6.07) is 5.63. The lowest BCUT2D eigenvalue weighted by atomic mass is 9.95. The Morgan fingerprint density at radius 2 is 2.05 bits per heavy atom. The van der Waals surface area contributed by atoms with Crippen molar-refractivity contribution in [1.29, 1.82) is 0 Å². The maximum absolute atomic E-state index is 12.6. The minimum absolute atomic E-state index is 0.0557. The average Bonchev–Trinajstić information content (AvgIpc) is 3.04. The quantitative estimate of drug-likeness (QED) is 0.779. The smallest absolute Gasteiger partial charge is 0.331 e. The van der Waals surface area contributed by atoms with Crippen LogP contribution in [0.25, 0.3) is 0 Å². The molecule has 1 aliphatic heterocycles. The number of methoxy groups -OCH3 is 1. The third kappa shape index (κ3) is 1.87. The van der Waals surface area contributed by atoms with Gasteiger partial charge in [-0.15, -0.1) is 0 Å². The molecule has 0 radical (unpaired) electrons. The number of carbonyl (C=O) groups is 2. The third-order valence-corrected chi connectivity index (χ3v) is 4.88. The molecule has 106 valence electrons. The number of ether oxygens (including phenoxy) is 1. The molecule has 3 rings (SSSR count). The summed E-state index contributed by atoms with van der Waals surface area (Å²) in [5.74, 6) is -0.338. The lowest BCUT2D eigenvalue weighted by Crippen LogP contribution is -2.53. The van der Waals surface area contributed by atoms with E-state index < -0.39 is 5.54 Å². The van der Waals surface area contributed by atoms with Crippen LogP contribution in [0.15, 0.2) is 22.7 Å². The predicted octanol–water partition coefficient (Wildman–Crippen LogP) is 2.89. The molecule has 1 aromatic rings. The van der Waals surface area contributed by atoms with Gasteiger partial charge in [-0.25, -0.2) is 4.79 Å². The minimum atomic E-state index is -0.767. The van der Waals surface area contributed by atoms with Gasteiger partial charge >= 0.3 is 5.97 Å². The molecule has 1 heterocycles. The fourth-order valence-corrected chi connectivity index (χ4v) is 3.78. The van der Waals surface area contributed by atoms with E-state index >= 15 is 0 Å². The van der Waals surface area contributed by atoms with Crippen molar-refractivity contribution in [2.75, 3.05) is 7.11 Å². The predicted molar refractivity (Wildman–Crippen MR) is 77.2 cm³/mol. The Kier molecular flexibility index (Phi) is 3.32. The van der Waals surface area contributed by atoms with E-state index in [0.717, 1.165) is 22.9 Å². The van der Waals surface area contributed by atoms with Crippen molar-refractivity contribution < 1.29 is 14.3 Å². The Morgan fingerprint density at radius 3 is 2.70 bits per heavy atom. The Labute approximate surface area is 126 Å². The van der Waals surface area contributed by atoms with Crippen LogP contribution in [0, 0.1) is 0 Å². The topological polar surface area (TPSA) is 46.6 Å². The fraction of sp³-hybridized carbons (Fsp3) is 0.467. The SMILES string of the molecule is COC(=O)C1(N2Cc3cc(Br)ccc3C2=O)CCCC1. The van der Waals surface area contributed by atoms with Gasteiger partial charge in [-0.05, 0) is 36.6 Å². The highest BCUT2D eigenvalue weighted by atomic mass is 79.9. The van der Waals surface area contributed by atoms with Gasteiger partial charge in [-0.1, -0.05) is 28.8 Å². The molecule has 1 fully saturated rings. The zero-order valence-electron chi connectivity index (χ0n) is 11.3. The van der Waals surface area contributed by atoms with Gasteiger partial charge in [0, 0.05) is 16.6 Å². The fourth-order valence-electron chi connectivity index (χ4n) is 3.37. The van der Waals surface area contributed by atoms with Crippen LogP contribution in [0.1, 0.15) is 41.6 Å². The molecule has 0 unspecified atom stereocenters. The van der Waals surface area contributed by atoms with Gasteiger partial charge in [-0.3, -0.25) is 4.79 Å². The summed E-state index contributed by atoms with van der Waals surface area (Å²) in [5, 5.41) is 0. The summed E-state index contributed by atoms with van der Waals surface area (Å²) in [5.41, 5.74) is 0.903. The number of rotatable bonds is 2. The van der Waals surface area contributed by atoms with E-state index in [1.165, 1.54) is 7.11 Å². The number of esters is 1. The zero-order valence-corrected chi connectivity index (χ0v) is 12.9. The second kappa shape index (κ2) is 4.88. The Morgan fingerprint density at radius 1 is 1.35 bits per heavy atom. The van der Waals surface area contributed by atoms with Gasteiger partial charge in [0.15, 0.2) is 0 Å². The molecule has 1 saturated carbocycles. The normalized spacial score (nSPS) is 20.1.